The van der Waals surface area contributed by atoms with Crippen LogP contribution in [-0.2, 0) is 15.0 Å². The van der Waals surface area contributed by atoms with Gasteiger partial charge in [0.25, 0.3) is 0 Å². The maximum Gasteiger partial charge on any atom is 0.239 e. The molecule has 1 atom stereocenters. The van der Waals surface area contributed by atoms with Gasteiger partial charge in [-0.25, -0.2) is 0 Å². The highest BCUT2D eigenvalue weighted by molar-refractivity contribution is 5.89. The van der Waals surface area contributed by atoms with Crippen LogP contribution in [0.3, 0.4) is 0 Å². The quantitative estimate of drug-likeness (QED) is 0.764. The van der Waals surface area contributed by atoms with Crippen molar-refractivity contribution in [3.63, 3.8) is 0 Å². The summed E-state index contributed by atoms with van der Waals surface area (Å²) >= 11 is 0. The lowest BCUT2D eigenvalue weighted by molar-refractivity contribution is -0.126. The Hall–Kier alpha value is -2.88. The van der Waals surface area contributed by atoms with Gasteiger partial charge in [-0.2, -0.15) is 0 Å². The molecule has 3 rings (SSSR count). The van der Waals surface area contributed by atoms with Crippen molar-refractivity contribution in [2.75, 3.05) is 13.1 Å². The van der Waals surface area contributed by atoms with Crippen molar-refractivity contribution in [2.24, 2.45) is 5.92 Å². The van der Waals surface area contributed by atoms with E-state index in [0.29, 0.717) is 6.54 Å². The molecular weight excluding hydrogens is 312 g/mol. The summed E-state index contributed by atoms with van der Waals surface area (Å²) < 4.78 is 0. The Kier molecular flexibility index (Phi) is 4.98. The number of carbonyl (C=O) groups excluding carboxylic acids is 2. The maximum atomic E-state index is 12.6. The van der Waals surface area contributed by atoms with Crippen molar-refractivity contribution in [3.05, 3.63) is 84.4 Å². The predicted molar refractivity (Wildman–Crippen MR) is 98.0 cm³/mol. The molecule has 2 aromatic carbocycles. The fraction of sp³-hybridized carbons (Fsp3) is 0.238. The standard InChI is InChI=1S/C21H22N2O2/c1-2-13-22-19(24)15-23-20(25)18-14-21(18,16-9-5-3-6-10-16)17-11-7-4-8-12-17/h2-12,18H,1,13-15H2,(H,22,24)(H,23,25). The normalized spacial score (nSPS) is 17.4. The molecule has 0 heterocycles. The molecule has 128 valence electrons. The van der Waals surface area contributed by atoms with Crippen LogP contribution in [0.2, 0.25) is 0 Å². The Morgan fingerprint density at radius 1 is 1.00 bits per heavy atom. The van der Waals surface area contributed by atoms with Gasteiger partial charge < -0.3 is 10.6 Å². The summed E-state index contributed by atoms with van der Waals surface area (Å²) in [4.78, 5) is 24.3. The zero-order valence-electron chi connectivity index (χ0n) is 14.1. The molecular formula is C21H22N2O2. The lowest BCUT2D eigenvalue weighted by Crippen LogP contribution is -2.38. The van der Waals surface area contributed by atoms with Crippen LogP contribution in [0.15, 0.2) is 73.3 Å². The van der Waals surface area contributed by atoms with Crippen molar-refractivity contribution < 1.29 is 9.59 Å². The molecule has 0 radical (unpaired) electrons. The molecule has 0 saturated heterocycles. The van der Waals surface area contributed by atoms with Crippen molar-refractivity contribution in [1.29, 1.82) is 0 Å². The summed E-state index contributed by atoms with van der Waals surface area (Å²) in [7, 11) is 0. The van der Waals surface area contributed by atoms with E-state index in [1.54, 1.807) is 6.08 Å². The summed E-state index contributed by atoms with van der Waals surface area (Å²) in [5.41, 5.74) is 1.97. The van der Waals surface area contributed by atoms with Crippen LogP contribution in [0, 0.1) is 5.92 Å². The SMILES string of the molecule is C=CCNC(=O)CNC(=O)C1CC1(c1ccccc1)c1ccccc1. The van der Waals surface area contributed by atoms with Crippen LogP contribution in [0.4, 0.5) is 0 Å². The van der Waals surface area contributed by atoms with Gasteiger partial charge in [-0.05, 0) is 17.5 Å². The second-order valence-electron chi connectivity index (χ2n) is 6.27. The first-order valence-corrected chi connectivity index (χ1v) is 8.45. The topological polar surface area (TPSA) is 58.2 Å². The number of hydrogen-bond donors (Lipinski definition) is 2. The highest BCUT2D eigenvalue weighted by atomic mass is 16.2. The Morgan fingerprint density at radius 2 is 1.56 bits per heavy atom. The van der Waals surface area contributed by atoms with E-state index in [2.05, 4.69) is 41.5 Å². The first kappa shape index (κ1) is 17.0. The van der Waals surface area contributed by atoms with E-state index < -0.39 is 0 Å². The molecule has 2 amide bonds. The minimum atomic E-state index is -0.301. The molecule has 0 spiro atoms. The van der Waals surface area contributed by atoms with Crippen LogP contribution in [0.25, 0.3) is 0 Å². The molecule has 2 N–H and O–H groups in total. The molecule has 25 heavy (non-hydrogen) atoms. The smallest absolute Gasteiger partial charge is 0.239 e. The van der Waals surface area contributed by atoms with Gasteiger partial charge in [0, 0.05) is 12.0 Å². The van der Waals surface area contributed by atoms with Gasteiger partial charge in [-0.15, -0.1) is 6.58 Å². The second kappa shape index (κ2) is 7.34. The maximum absolute atomic E-state index is 12.6. The summed E-state index contributed by atoms with van der Waals surface area (Å²) in [5, 5.41) is 5.42. The minimum Gasteiger partial charge on any atom is -0.351 e. The van der Waals surface area contributed by atoms with Crippen LogP contribution >= 0.6 is 0 Å². The van der Waals surface area contributed by atoms with Crippen LogP contribution in [-0.4, -0.2) is 24.9 Å². The number of carbonyl (C=O) groups is 2. The van der Waals surface area contributed by atoms with Gasteiger partial charge in [0.15, 0.2) is 0 Å². The Balaban J connectivity index is 1.75. The number of rotatable bonds is 7. The summed E-state index contributed by atoms with van der Waals surface area (Å²) in [5.74, 6) is -0.454. The van der Waals surface area contributed by atoms with Crippen molar-refractivity contribution in [3.8, 4) is 0 Å². The van der Waals surface area contributed by atoms with E-state index >= 15 is 0 Å². The highest BCUT2D eigenvalue weighted by Crippen LogP contribution is 2.58. The van der Waals surface area contributed by atoms with Gasteiger partial charge in [-0.1, -0.05) is 66.7 Å². The first-order valence-electron chi connectivity index (χ1n) is 8.45. The third kappa shape index (κ3) is 3.48. The van der Waals surface area contributed by atoms with E-state index in [-0.39, 0.29) is 29.7 Å². The van der Waals surface area contributed by atoms with E-state index in [4.69, 9.17) is 0 Å². The van der Waals surface area contributed by atoms with Crippen LogP contribution in [0.1, 0.15) is 17.5 Å². The van der Waals surface area contributed by atoms with Crippen molar-refractivity contribution in [2.45, 2.75) is 11.8 Å². The average molecular weight is 334 g/mol. The monoisotopic (exact) mass is 334 g/mol. The Labute approximate surface area is 148 Å². The molecule has 1 unspecified atom stereocenters. The molecule has 4 nitrogen and oxygen atoms in total. The van der Waals surface area contributed by atoms with Gasteiger partial charge in [0.1, 0.15) is 0 Å². The number of benzene rings is 2. The largest absolute Gasteiger partial charge is 0.351 e. The van der Waals surface area contributed by atoms with Crippen LogP contribution < -0.4 is 10.6 Å². The summed E-state index contributed by atoms with van der Waals surface area (Å²) in [6, 6.07) is 20.2. The van der Waals surface area contributed by atoms with E-state index in [9.17, 15) is 9.59 Å². The zero-order valence-corrected chi connectivity index (χ0v) is 14.1. The molecule has 4 heteroatoms. The molecule has 2 aromatic rings. The molecule has 1 saturated carbocycles. The van der Waals surface area contributed by atoms with E-state index in [1.165, 1.54) is 0 Å². The lowest BCUT2D eigenvalue weighted by Gasteiger charge is -2.19. The van der Waals surface area contributed by atoms with Crippen LogP contribution in [0.5, 0.6) is 0 Å². The predicted octanol–water partition coefficient (Wildman–Crippen LogP) is 2.41. The first-order chi connectivity index (χ1) is 12.2. The molecule has 0 bridgehead atoms. The van der Waals surface area contributed by atoms with Crippen molar-refractivity contribution in [1.82, 2.24) is 10.6 Å². The average Bonchev–Trinajstić information content (AvgIpc) is 3.43. The minimum absolute atomic E-state index is 0.0111. The molecule has 0 aliphatic heterocycles. The molecule has 1 aliphatic rings. The van der Waals surface area contributed by atoms with E-state index in [0.717, 1.165) is 17.5 Å². The fourth-order valence-corrected chi connectivity index (χ4v) is 3.39. The zero-order chi connectivity index (χ0) is 17.7. The molecule has 1 aliphatic carbocycles. The lowest BCUT2D eigenvalue weighted by atomic mass is 9.85. The fourth-order valence-electron chi connectivity index (χ4n) is 3.39. The van der Waals surface area contributed by atoms with Gasteiger partial charge in [0.05, 0.1) is 12.5 Å². The Bertz CT molecular complexity index is 716. The number of amides is 2. The molecule has 1 fully saturated rings. The van der Waals surface area contributed by atoms with Gasteiger partial charge >= 0.3 is 0 Å². The Morgan fingerprint density at radius 3 is 2.08 bits per heavy atom. The second-order valence-corrected chi connectivity index (χ2v) is 6.27. The number of hydrogen-bond acceptors (Lipinski definition) is 2. The third-order valence-corrected chi connectivity index (χ3v) is 4.72. The number of nitrogens with one attached hydrogen (secondary N) is 2. The summed E-state index contributed by atoms with van der Waals surface area (Å²) in [6.45, 7) is 3.94. The third-order valence-electron chi connectivity index (χ3n) is 4.72. The van der Waals surface area contributed by atoms with E-state index in [1.807, 2.05) is 36.4 Å². The molecule has 0 aromatic heterocycles. The van der Waals surface area contributed by atoms with Gasteiger partial charge in [-0.3, -0.25) is 9.59 Å². The summed E-state index contributed by atoms with van der Waals surface area (Å²) in [6.07, 6.45) is 2.36. The van der Waals surface area contributed by atoms with Gasteiger partial charge in [0.2, 0.25) is 11.8 Å². The highest BCUT2D eigenvalue weighted by Gasteiger charge is 2.60. The van der Waals surface area contributed by atoms with Crippen molar-refractivity contribution >= 4 is 11.8 Å².